The Balaban J connectivity index is 1.66. The predicted molar refractivity (Wildman–Crippen MR) is 157 cm³/mol. The van der Waals surface area contributed by atoms with Crippen LogP contribution in [0.4, 0.5) is 10.5 Å². The fourth-order valence-electron chi connectivity index (χ4n) is 5.73. The van der Waals surface area contributed by atoms with Crippen molar-refractivity contribution >= 4 is 29.5 Å². The molecule has 4 rings (SSSR count). The standard InChI is InChI=1S/C32H39N5O5/c1-20(2)26(35-30(41)42-31(3,4)5)28(39)36(6)25(16-21-12-8-7-9-13-21)27(38)37-19-32(17-22(37)18-33)23-14-10-11-15-24(23)34-29(32)40/h7-15,20,22,25-26H,16-17,19H2,1-6H3,(H,34,40)(H,35,41)/t22-,25-,26?,32-/m0/s1. The van der Waals surface area contributed by atoms with E-state index in [-0.39, 0.29) is 31.2 Å². The van der Waals surface area contributed by atoms with Gasteiger partial charge in [0.2, 0.25) is 17.7 Å². The summed E-state index contributed by atoms with van der Waals surface area (Å²) in [4.78, 5) is 56.9. The van der Waals surface area contributed by atoms with E-state index in [2.05, 4.69) is 16.7 Å². The Bertz CT molecular complexity index is 1400. The van der Waals surface area contributed by atoms with Crippen LogP contribution in [0.3, 0.4) is 0 Å². The van der Waals surface area contributed by atoms with Gasteiger partial charge in [-0.05, 0) is 43.9 Å². The van der Waals surface area contributed by atoms with Gasteiger partial charge in [-0.25, -0.2) is 4.79 Å². The van der Waals surface area contributed by atoms with Crippen LogP contribution in [0.1, 0.15) is 52.2 Å². The number of likely N-dealkylation sites (N-methyl/N-ethyl adjacent to an activating group) is 1. The van der Waals surface area contributed by atoms with Crippen molar-refractivity contribution in [1.29, 1.82) is 5.26 Å². The lowest BCUT2D eigenvalue weighted by Crippen LogP contribution is -2.58. The number of anilines is 1. The van der Waals surface area contributed by atoms with Crippen LogP contribution in [0.25, 0.3) is 0 Å². The minimum atomic E-state index is -1.05. The number of hydrogen-bond donors (Lipinski definition) is 2. The second kappa shape index (κ2) is 11.8. The second-order valence-electron chi connectivity index (χ2n) is 12.4. The van der Waals surface area contributed by atoms with E-state index >= 15 is 0 Å². The Hall–Kier alpha value is -4.39. The summed E-state index contributed by atoms with van der Waals surface area (Å²) >= 11 is 0. The lowest BCUT2D eigenvalue weighted by atomic mass is 9.80. The number of carbonyl (C=O) groups is 4. The number of nitrogens with one attached hydrogen (secondary N) is 2. The van der Waals surface area contributed by atoms with E-state index in [9.17, 15) is 24.4 Å². The number of carbonyl (C=O) groups excluding carboxylic acids is 4. The van der Waals surface area contributed by atoms with E-state index in [1.54, 1.807) is 34.6 Å². The Morgan fingerprint density at radius 3 is 2.40 bits per heavy atom. The van der Waals surface area contributed by atoms with Gasteiger partial charge in [0.15, 0.2) is 0 Å². The van der Waals surface area contributed by atoms with Gasteiger partial charge in [-0.15, -0.1) is 0 Å². The van der Waals surface area contributed by atoms with Crippen LogP contribution in [0.15, 0.2) is 54.6 Å². The molecule has 0 aromatic heterocycles. The minimum Gasteiger partial charge on any atom is -0.444 e. The van der Waals surface area contributed by atoms with E-state index < -0.39 is 47.0 Å². The number of likely N-dealkylation sites (tertiary alicyclic amines) is 1. The summed E-state index contributed by atoms with van der Waals surface area (Å²) in [6.45, 7) is 8.82. The van der Waals surface area contributed by atoms with Gasteiger partial charge in [0.05, 0.1) is 11.5 Å². The summed E-state index contributed by atoms with van der Waals surface area (Å²) in [5, 5.41) is 15.7. The number of ether oxygens (including phenoxy) is 1. The highest BCUT2D eigenvalue weighted by molar-refractivity contribution is 6.07. The molecule has 222 valence electrons. The first-order valence-electron chi connectivity index (χ1n) is 14.2. The summed E-state index contributed by atoms with van der Waals surface area (Å²) < 4.78 is 5.38. The average molecular weight is 574 g/mol. The van der Waals surface area contributed by atoms with Crippen LogP contribution in [0.2, 0.25) is 0 Å². The molecule has 2 aromatic carbocycles. The molecule has 0 aliphatic carbocycles. The van der Waals surface area contributed by atoms with Gasteiger partial charge >= 0.3 is 6.09 Å². The van der Waals surface area contributed by atoms with Crippen molar-refractivity contribution in [2.75, 3.05) is 18.9 Å². The van der Waals surface area contributed by atoms with Crippen LogP contribution in [0.5, 0.6) is 0 Å². The van der Waals surface area contributed by atoms with Gasteiger partial charge in [0.25, 0.3) is 0 Å². The molecule has 0 saturated carbocycles. The number of amides is 4. The lowest BCUT2D eigenvalue weighted by molar-refractivity contribution is -0.146. The average Bonchev–Trinajstić information content (AvgIpc) is 3.46. The zero-order chi connectivity index (χ0) is 30.8. The normalized spacial score (nSPS) is 20.9. The van der Waals surface area contributed by atoms with E-state index in [4.69, 9.17) is 4.74 Å². The first-order chi connectivity index (χ1) is 19.8. The monoisotopic (exact) mass is 573 g/mol. The predicted octanol–water partition coefficient (Wildman–Crippen LogP) is 3.62. The fourth-order valence-corrected chi connectivity index (χ4v) is 5.73. The highest BCUT2D eigenvalue weighted by Crippen LogP contribution is 2.46. The Kier molecular flexibility index (Phi) is 8.62. The van der Waals surface area contributed by atoms with Crippen LogP contribution in [-0.4, -0.2) is 70.9 Å². The molecule has 0 radical (unpaired) electrons. The maximum atomic E-state index is 14.4. The number of nitrogens with zero attached hydrogens (tertiary/aromatic N) is 3. The van der Waals surface area contributed by atoms with Crippen LogP contribution in [-0.2, 0) is 31.0 Å². The number of benzene rings is 2. The molecule has 4 atom stereocenters. The summed E-state index contributed by atoms with van der Waals surface area (Å²) in [7, 11) is 1.53. The van der Waals surface area contributed by atoms with Crippen LogP contribution >= 0.6 is 0 Å². The molecule has 4 amide bonds. The molecule has 42 heavy (non-hydrogen) atoms. The maximum absolute atomic E-state index is 14.4. The first kappa shape index (κ1) is 30.6. The molecule has 2 aromatic rings. The molecule has 1 saturated heterocycles. The van der Waals surface area contributed by atoms with Gasteiger partial charge in [0, 0.05) is 32.1 Å². The number of hydrogen-bond acceptors (Lipinski definition) is 6. The quantitative estimate of drug-likeness (QED) is 0.520. The third kappa shape index (κ3) is 6.10. The summed E-state index contributed by atoms with van der Waals surface area (Å²) in [5.41, 5.74) is 0.453. The Labute approximate surface area is 247 Å². The van der Waals surface area contributed by atoms with E-state index in [1.165, 1.54) is 16.8 Å². The van der Waals surface area contributed by atoms with Crippen molar-refractivity contribution in [3.05, 3.63) is 65.7 Å². The van der Waals surface area contributed by atoms with E-state index in [0.29, 0.717) is 5.69 Å². The molecule has 2 aliphatic heterocycles. The minimum absolute atomic E-state index is 0.0179. The summed E-state index contributed by atoms with van der Waals surface area (Å²) in [6, 6.07) is 16.0. The first-order valence-corrected chi connectivity index (χ1v) is 14.2. The van der Waals surface area contributed by atoms with Crippen LogP contribution in [0, 0.1) is 17.2 Å². The largest absolute Gasteiger partial charge is 0.444 e. The zero-order valence-corrected chi connectivity index (χ0v) is 25.0. The molecule has 10 heteroatoms. The molecule has 1 fully saturated rings. The van der Waals surface area contributed by atoms with Crippen molar-refractivity contribution in [3.63, 3.8) is 0 Å². The molecule has 2 heterocycles. The van der Waals surface area contributed by atoms with Gasteiger partial charge in [0.1, 0.15) is 23.7 Å². The molecule has 1 unspecified atom stereocenters. The Morgan fingerprint density at radius 2 is 1.79 bits per heavy atom. The van der Waals surface area contributed by atoms with Gasteiger partial charge in [-0.2, -0.15) is 5.26 Å². The smallest absolute Gasteiger partial charge is 0.408 e. The number of fused-ring (bicyclic) bond motifs is 2. The SMILES string of the molecule is CC(C)C(NC(=O)OC(C)(C)C)C(=O)N(C)[C@@H](Cc1ccccc1)C(=O)N1C[C@]2(C[C@H]1C#N)C(=O)Nc1ccccc12. The Morgan fingerprint density at radius 1 is 1.14 bits per heavy atom. The molecular formula is C32H39N5O5. The number of para-hydroxylation sites is 1. The van der Waals surface area contributed by atoms with Gasteiger partial charge in [-0.1, -0.05) is 62.4 Å². The topological polar surface area (TPSA) is 132 Å². The van der Waals surface area contributed by atoms with Gasteiger partial charge in [-0.3, -0.25) is 14.4 Å². The maximum Gasteiger partial charge on any atom is 0.408 e. The highest BCUT2D eigenvalue weighted by atomic mass is 16.6. The molecule has 2 N–H and O–H groups in total. The lowest BCUT2D eigenvalue weighted by Gasteiger charge is -2.35. The van der Waals surface area contributed by atoms with Crippen molar-refractivity contribution in [2.45, 2.75) is 76.6 Å². The molecule has 1 spiro atoms. The summed E-state index contributed by atoms with van der Waals surface area (Å²) in [6.07, 6.45) is -0.391. The van der Waals surface area contributed by atoms with Gasteiger partial charge < -0.3 is 25.2 Å². The number of rotatable bonds is 7. The van der Waals surface area contributed by atoms with Crippen molar-refractivity contribution in [3.8, 4) is 6.07 Å². The fraction of sp³-hybridized carbons (Fsp3) is 0.469. The third-order valence-electron chi connectivity index (χ3n) is 7.89. The third-order valence-corrected chi connectivity index (χ3v) is 7.89. The highest BCUT2D eigenvalue weighted by Gasteiger charge is 2.56. The second-order valence-corrected chi connectivity index (χ2v) is 12.4. The number of nitriles is 1. The van der Waals surface area contributed by atoms with Crippen LogP contribution < -0.4 is 10.6 Å². The summed E-state index contributed by atoms with van der Waals surface area (Å²) in [5.74, 6) is -1.45. The van der Waals surface area contributed by atoms with E-state index in [0.717, 1.165) is 11.1 Å². The zero-order valence-electron chi connectivity index (χ0n) is 25.0. The molecule has 0 bridgehead atoms. The van der Waals surface area contributed by atoms with Crippen molar-refractivity contribution in [1.82, 2.24) is 15.1 Å². The van der Waals surface area contributed by atoms with Crippen molar-refractivity contribution < 1.29 is 23.9 Å². The molecular weight excluding hydrogens is 534 g/mol. The van der Waals surface area contributed by atoms with E-state index in [1.807, 2.05) is 54.6 Å². The number of alkyl carbamates (subject to hydrolysis) is 1. The molecule has 10 nitrogen and oxygen atoms in total. The van der Waals surface area contributed by atoms with Crippen molar-refractivity contribution in [2.24, 2.45) is 5.92 Å². The molecule has 2 aliphatic rings.